The Hall–Kier alpha value is -2.47. The Bertz CT molecular complexity index is 615. The lowest BCUT2D eigenvalue weighted by atomic mass is 10.2. The predicted molar refractivity (Wildman–Crippen MR) is 78.4 cm³/mol. The van der Waals surface area contributed by atoms with Gasteiger partial charge in [-0.3, -0.25) is 0 Å². The number of nitrogens with one attached hydrogen (secondary N) is 1. The van der Waals surface area contributed by atoms with Crippen LogP contribution in [0.5, 0.6) is 0 Å². The number of hydrogen-bond donors (Lipinski definition) is 2. The number of hydrogen-bond acceptors (Lipinski definition) is 5. The maximum atomic E-state index is 10.7. The van der Waals surface area contributed by atoms with E-state index in [1.807, 2.05) is 24.3 Å². The Kier molecular flexibility index (Phi) is 3.79. The highest BCUT2D eigenvalue weighted by atomic mass is 16.5. The molecule has 3 rings (SSSR count). The second kappa shape index (κ2) is 5.88. The Morgan fingerprint density at radius 3 is 2.43 bits per heavy atom. The molecule has 0 unspecified atom stereocenters. The fourth-order valence-electron chi connectivity index (χ4n) is 2.24. The lowest BCUT2D eigenvalue weighted by molar-refractivity contribution is 0.0663. The fraction of sp³-hybridized carbons (Fsp3) is 0.267. The third-order valence-corrected chi connectivity index (χ3v) is 3.33. The number of ether oxygens (including phenoxy) is 1. The minimum atomic E-state index is -1.08. The summed E-state index contributed by atoms with van der Waals surface area (Å²) < 4.78 is 10.5. The summed E-state index contributed by atoms with van der Waals surface area (Å²) in [6, 6.07) is 10.9. The first-order valence-corrected chi connectivity index (χ1v) is 6.75. The van der Waals surface area contributed by atoms with Crippen LogP contribution in [0.25, 0.3) is 0 Å². The standard InChI is InChI=1S/C15H16N2O4/c18-15(19)13-5-6-14(21-13)16-11-1-3-12(4-2-11)17-7-9-20-10-8-17/h1-6,16H,7-10H2,(H,18,19). The summed E-state index contributed by atoms with van der Waals surface area (Å²) in [5.74, 6) is -0.750. The van der Waals surface area contributed by atoms with Crippen LogP contribution >= 0.6 is 0 Å². The van der Waals surface area contributed by atoms with Crippen molar-refractivity contribution < 1.29 is 19.1 Å². The summed E-state index contributed by atoms with van der Waals surface area (Å²) in [5.41, 5.74) is 1.99. The number of anilines is 3. The van der Waals surface area contributed by atoms with Crippen molar-refractivity contribution in [3.8, 4) is 0 Å². The number of morpholine rings is 1. The Labute approximate surface area is 121 Å². The second-order valence-corrected chi connectivity index (χ2v) is 4.74. The van der Waals surface area contributed by atoms with Crippen LogP contribution in [-0.2, 0) is 4.74 Å². The van der Waals surface area contributed by atoms with E-state index in [-0.39, 0.29) is 5.76 Å². The first-order valence-electron chi connectivity index (χ1n) is 6.75. The van der Waals surface area contributed by atoms with Crippen LogP contribution in [0.1, 0.15) is 10.6 Å². The molecule has 6 nitrogen and oxygen atoms in total. The van der Waals surface area contributed by atoms with E-state index in [1.165, 1.54) is 6.07 Å². The maximum Gasteiger partial charge on any atom is 0.371 e. The van der Waals surface area contributed by atoms with E-state index in [4.69, 9.17) is 14.3 Å². The zero-order chi connectivity index (χ0) is 14.7. The van der Waals surface area contributed by atoms with Gasteiger partial charge in [0.15, 0.2) is 5.88 Å². The molecular formula is C15H16N2O4. The SMILES string of the molecule is O=C(O)c1ccc(Nc2ccc(N3CCOCC3)cc2)o1. The van der Waals surface area contributed by atoms with Crippen molar-refractivity contribution in [3.63, 3.8) is 0 Å². The van der Waals surface area contributed by atoms with E-state index in [0.29, 0.717) is 5.88 Å². The van der Waals surface area contributed by atoms with Gasteiger partial charge in [-0.2, -0.15) is 0 Å². The number of carboxylic acid groups (broad SMARTS) is 1. The van der Waals surface area contributed by atoms with Crippen LogP contribution in [0.4, 0.5) is 17.3 Å². The van der Waals surface area contributed by atoms with Crippen molar-refractivity contribution in [1.82, 2.24) is 0 Å². The molecule has 1 saturated heterocycles. The number of rotatable bonds is 4. The number of carboxylic acids is 1. The number of nitrogens with zero attached hydrogens (tertiary/aromatic N) is 1. The summed E-state index contributed by atoms with van der Waals surface area (Å²) in [6.07, 6.45) is 0. The Morgan fingerprint density at radius 2 is 1.81 bits per heavy atom. The Morgan fingerprint density at radius 1 is 1.10 bits per heavy atom. The molecule has 2 heterocycles. The molecule has 0 spiro atoms. The molecule has 2 N–H and O–H groups in total. The molecule has 21 heavy (non-hydrogen) atoms. The van der Waals surface area contributed by atoms with E-state index < -0.39 is 5.97 Å². The molecule has 6 heteroatoms. The summed E-state index contributed by atoms with van der Waals surface area (Å²) in [6.45, 7) is 3.30. The second-order valence-electron chi connectivity index (χ2n) is 4.74. The molecule has 1 aromatic carbocycles. The summed E-state index contributed by atoms with van der Waals surface area (Å²) in [7, 11) is 0. The monoisotopic (exact) mass is 288 g/mol. The zero-order valence-electron chi connectivity index (χ0n) is 11.4. The largest absolute Gasteiger partial charge is 0.475 e. The van der Waals surface area contributed by atoms with Gasteiger partial charge in [-0.05, 0) is 30.3 Å². The fourth-order valence-corrected chi connectivity index (χ4v) is 2.24. The van der Waals surface area contributed by atoms with Gasteiger partial charge >= 0.3 is 5.97 Å². The van der Waals surface area contributed by atoms with Crippen molar-refractivity contribution in [2.45, 2.75) is 0 Å². The third-order valence-electron chi connectivity index (χ3n) is 3.33. The Balaban J connectivity index is 1.67. The van der Waals surface area contributed by atoms with Gasteiger partial charge in [0.05, 0.1) is 13.2 Å². The highest BCUT2D eigenvalue weighted by Gasteiger charge is 2.11. The first-order chi connectivity index (χ1) is 10.2. The van der Waals surface area contributed by atoms with Crippen molar-refractivity contribution in [2.24, 2.45) is 0 Å². The smallest absolute Gasteiger partial charge is 0.371 e. The normalized spacial score (nSPS) is 15.0. The lowest BCUT2D eigenvalue weighted by Crippen LogP contribution is -2.36. The van der Waals surface area contributed by atoms with Crippen LogP contribution < -0.4 is 10.2 Å². The van der Waals surface area contributed by atoms with Crippen LogP contribution in [0.15, 0.2) is 40.8 Å². The summed E-state index contributed by atoms with van der Waals surface area (Å²) in [5, 5.41) is 11.8. The van der Waals surface area contributed by atoms with E-state index in [0.717, 1.165) is 37.7 Å². The molecule has 0 aliphatic carbocycles. The number of benzene rings is 1. The molecule has 0 radical (unpaired) electrons. The van der Waals surface area contributed by atoms with E-state index >= 15 is 0 Å². The molecule has 2 aromatic rings. The van der Waals surface area contributed by atoms with Crippen LogP contribution in [-0.4, -0.2) is 37.4 Å². The third kappa shape index (κ3) is 3.17. The maximum absolute atomic E-state index is 10.7. The van der Waals surface area contributed by atoms with Gasteiger partial charge in [-0.15, -0.1) is 0 Å². The van der Waals surface area contributed by atoms with E-state index in [1.54, 1.807) is 6.07 Å². The van der Waals surface area contributed by atoms with Crippen molar-refractivity contribution >= 4 is 23.2 Å². The van der Waals surface area contributed by atoms with Crippen LogP contribution in [0, 0.1) is 0 Å². The molecule has 0 saturated carbocycles. The predicted octanol–water partition coefficient (Wildman–Crippen LogP) is 2.56. The van der Waals surface area contributed by atoms with Gasteiger partial charge in [0.2, 0.25) is 5.76 Å². The van der Waals surface area contributed by atoms with E-state index in [2.05, 4.69) is 10.2 Å². The van der Waals surface area contributed by atoms with Crippen molar-refractivity contribution in [3.05, 3.63) is 42.2 Å². The van der Waals surface area contributed by atoms with Gasteiger partial charge in [0.25, 0.3) is 0 Å². The lowest BCUT2D eigenvalue weighted by Gasteiger charge is -2.28. The van der Waals surface area contributed by atoms with Crippen molar-refractivity contribution in [2.75, 3.05) is 36.5 Å². The molecule has 0 bridgehead atoms. The topological polar surface area (TPSA) is 74.9 Å². The number of carbonyl (C=O) groups is 1. The van der Waals surface area contributed by atoms with Crippen LogP contribution in [0.3, 0.4) is 0 Å². The first kappa shape index (κ1) is 13.5. The minimum Gasteiger partial charge on any atom is -0.475 e. The molecular weight excluding hydrogens is 272 g/mol. The van der Waals surface area contributed by atoms with Crippen LogP contribution in [0.2, 0.25) is 0 Å². The van der Waals surface area contributed by atoms with Gasteiger partial charge in [0, 0.05) is 30.5 Å². The van der Waals surface area contributed by atoms with Crippen molar-refractivity contribution in [1.29, 1.82) is 0 Å². The molecule has 0 atom stereocenters. The van der Waals surface area contributed by atoms with Gasteiger partial charge < -0.3 is 24.5 Å². The minimum absolute atomic E-state index is 0.0811. The average Bonchev–Trinajstić information content (AvgIpc) is 2.98. The number of aromatic carboxylic acids is 1. The molecule has 1 fully saturated rings. The molecule has 1 aliphatic heterocycles. The molecule has 1 aliphatic rings. The summed E-state index contributed by atoms with van der Waals surface area (Å²) >= 11 is 0. The average molecular weight is 288 g/mol. The van der Waals surface area contributed by atoms with Gasteiger partial charge in [-0.1, -0.05) is 0 Å². The molecule has 0 amide bonds. The zero-order valence-corrected chi connectivity index (χ0v) is 11.4. The highest BCUT2D eigenvalue weighted by Crippen LogP contribution is 2.23. The molecule has 1 aromatic heterocycles. The highest BCUT2D eigenvalue weighted by molar-refractivity contribution is 5.85. The quantitative estimate of drug-likeness (QED) is 0.900. The summed E-state index contributed by atoms with van der Waals surface area (Å²) in [4.78, 5) is 13.0. The van der Waals surface area contributed by atoms with Gasteiger partial charge in [-0.25, -0.2) is 4.79 Å². The van der Waals surface area contributed by atoms with Gasteiger partial charge in [0.1, 0.15) is 0 Å². The number of furan rings is 1. The molecule has 110 valence electrons. The van der Waals surface area contributed by atoms with E-state index in [9.17, 15) is 4.79 Å².